The fourth-order valence-corrected chi connectivity index (χ4v) is 3.44. The number of aliphatic hydroxyl groups excluding tert-OH is 1. The molecule has 2 heterocycles. The third-order valence-electron chi connectivity index (χ3n) is 4.39. The average Bonchev–Trinajstić information content (AvgIpc) is 2.70. The number of benzene rings is 1. The van der Waals surface area contributed by atoms with Crippen molar-refractivity contribution in [1.29, 1.82) is 0 Å². The largest absolute Gasteiger partial charge is 0.478 e. The summed E-state index contributed by atoms with van der Waals surface area (Å²) in [4.78, 5) is 25.0. The highest BCUT2D eigenvalue weighted by molar-refractivity contribution is 5.96. The zero-order chi connectivity index (χ0) is 15.1. The van der Waals surface area contributed by atoms with E-state index in [4.69, 9.17) is 5.11 Å². The molecule has 1 aromatic carbocycles. The van der Waals surface area contributed by atoms with Crippen LogP contribution in [0.3, 0.4) is 0 Å². The molecule has 21 heavy (non-hydrogen) atoms. The minimum absolute atomic E-state index is 0.0511. The summed E-state index contributed by atoms with van der Waals surface area (Å²) in [6.07, 6.45) is 2.30. The number of nitrogens with zero attached hydrogens (tertiary/aromatic N) is 1. The fourth-order valence-electron chi connectivity index (χ4n) is 3.44. The highest BCUT2D eigenvalue weighted by Gasteiger charge is 2.43. The molecule has 2 N–H and O–H groups in total. The van der Waals surface area contributed by atoms with Crippen molar-refractivity contribution in [2.45, 2.75) is 43.9 Å². The minimum atomic E-state index is -1.23. The SMILES string of the molecule is O=C(O)c1ccc(C(=O)N2C3CCC2CC(O)C3)c(F)c1. The van der Waals surface area contributed by atoms with Gasteiger partial charge in [0.1, 0.15) is 5.82 Å². The topological polar surface area (TPSA) is 77.8 Å². The van der Waals surface area contributed by atoms with Gasteiger partial charge in [-0.15, -0.1) is 0 Å². The Hall–Kier alpha value is -1.95. The van der Waals surface area contributed by atoms with Crippen LogP contribution in [-0.2, 0) is 0 Å². The highest BCUT2D eigenvalue weighted by atomic mass is 19.1. The Morgan fingerprint density at radius 1 is 1.19 bits per heavy atom. The van der Waals surface area contributed by atoms with E-state index in [1.165, 1.54) is 12.1 Å². The van der Waals surface area contributed by atoms with E-state index in [9.17, 15) is 19.1 Å². The van der Waals surface area contributed by atoms with E-state index < -0.39 is 23.8 Å². The average molecular weight is 293 g/mol. The summed E-state index contributed by atoms with van der Waals surface area (Å²) in [5.41, 5.74) is -0.283. The van der Waals surface area contributed by atoms with Gasteiger partial charge in [-0.3, -0.25) is 4.79 Å². The maximum Gasteiger partial charge on any atom is 0.335 e. The standard InChI is InChI=1S/C15H16FNO4/c16-13-5-8(15(20)21)1-4-12(13)14(19)17-9-2-3-10(17)7-11(18)6-9/h1,4-5,9-11,18H,2-3,6-7H2,(H,20,21). The summed E-state index contributed by atoms with van der Waals surface area (Å²) in [7, 11) is 0. The molecule has 0 aliphatic carbocycles. The lowest BCUT2D eigenvalue weighted by molar-refractivity contribution is 0.0283. The van der Waals surface area contributed by atoms with Gasteiger partial charge in [0.05, 0.1) is 17.2 Å². The van der Waals surface area contributed by atoms with E-state index in [1.54, 1.807) is 4.90 Å². The van der Waals surface area contributed by atoms with Crippen LogP contribution in [0.4, 0.5) is 4.39 Å². The number of aromatic carboxylic acids is 1. The third kappa shape index (κ3) is 2.40. The smallest absolute Gasteiger partial charge is 0.335 e. The Kier molecular flexibility index (Phi) is 3.41. The third-order valence-corrected chi connectivity index (χ3v) is 4.39. The maximum atomic E-state index is 14.0. The van der Waals surface area contributed by atoms with Crippen molar-refractivity contribution >= 4 is 11.9 Å². The Morgan fingerprint density at radius 2 is 1.81 bits per heavy atom. The number of hydrogen-bond acceptors (Lipinski definition) is 3. The molecular formula is C15H16FNO4. The predicted molar refractivity (Wildman–Crippen MR) is 71.6 cm³/mol. The molecule has 2 saturated heterocycles. The number of rotatable bonds is 2. The summed E-state index contributed by atoms with van der Waals surface area (Å²) in [6.45, 7) is 0. The van der Waals surface area contributed by atoms with Gasteiger partial charge in [-0.05, 0) is 43.9 Å². The summed E-state index contributed by atoms with van der Waals surface area (Å²) >= 11 is 0. The van der Waals surface area contributed by atoms with Crippen LogP contribution in [0.5, 0.6) is 0 Å². The maximum absolute atomic E-state index is 14.0. The molecule has 2 fully saturated rings. The van der Waals surface area contributed by atoms with Gasteiger partial charge in [0.15, 0.2) is 0 Å². The first-order valence-corrected chi connectivity index (χ1v) is 7.01. The molecule has 2 atom stereocenters. The first-order valence-electron chi connectivity index (χ1n) is 7.01. The molecule has 5 nitrogen and oxygen atoms in total. The van der Waals surface area contributed by atoms with Gasteiger partial charge in [-0.25, -0.2) is 9.18 Å². The summed E-state index contributed by atoms with van der Waals surface area (Å²) in [5.74, 6) is -2.46. The summed E-state index contributed by atoms with van der Waals surface area (Å²) in [5, 5.41) is 18.6. The van der Waals surface area contributed by atoms with Crippen LogP contribution in [0.25, 0.3) is 0 Å². The van der Waals surface area contributed by atoms with Gasteiger partial charge in [0.2, 0.25) is 0 Å². The first kappa shape index (κ1) is 14.0. The van der Waals surface area contributed by atoms with Crippen LogP contribution >= 0.6 is 0 Å². The molecule has 0 aromatic heterocycles. The molecule has 2 bridgehead atoms. The van der Waals surface area contributed by atoms with E-state index in [-0.39, 0.29) is 23.2 Å². The fraction of sp³-hybridized carbons (Fsp3) is 0.467. The van der Waals surface area contributed by atoms with Crippen LogP contribution in [0.15, 0.2) is 18.2 Å². The van der Waals surface area contributed by atoms with Gasteiger partial charge >= 0.3 is 5.97 Å². The number of amides is 1. The predicted octanol–water partition coefficient (Wildman–Crippen LogP) is 1.65. The molecule has 1 aromatic rings. The normalized spacial score (nSPS) is 27.7. The molecular weight excluding hydrogens is 277 g/mol. The molecule has 112 valence electrons. The van der Waals surface area contributed by atoms with Gasteiger partial charge in [-0.2, -0.15) is 0 Å². The van der Waals surface area contributed by atoms with Crippen LogP contribution in [0, 0.1) is 5.82 Å². The molecule has 2 unspecified atom stereocenters. The van der Waals surface area contributed by atoms with E-state index >= 15 is 0 Å². The summed E-state index contributed by atoms with van der Waals surface area (Å²) in [6, 6.07) is 3.23. The molecule has 0 spiro atoms. The van der Waals surface area contributed by atoms with Crippen molar-refractivity contribution in [3.05, 3.63) is 35.1 Å². The first-order chi connectivity index (χ1) is 9.97. The summed E-state index contributed by atoms with van der Waals surface area (Å²) < 4.78 is 14.0. The number of carboxylic acids is 1. The van der Waals surface area contributed by atoms with Crippen molar-refractivity contribution in [2.75, 3.05) is 0 Å². The molecule has 1 amide bonds. The van der Waals surface area contributed by atoms with Crippen LogP contribution < -0.4 is 0 Å². The Labute approximate surface area is 121 Å². The molecule has 3 rings (SSSR count). The second-order valence-corrected chi connectivity index (χ2v) is 5.72. The minimum Gasteiger partial charge on any atom is -0.478 e. The van der Waals surface area contributed by atoms with E-state index in [2.05, 4.69) is 0 Å². The van der Waals surface area contributed by atoms with Gasteiger partial charge in [0.25, 0.3) is 5.91 Å². The molecule has 2 aliphatic heterocycles. The second-order valence-electron chi connectivity index (χ2n) is 5.72. The van der Waals surface area contributed by atoms with E-state index in [1.807, 2.05) is 0 Å². The Bertz CT molecular complexity index is 589. The Morgan fingerprint density at radius 3 is 2.33 bits per heavy atom. The van der Waals surface area contributed by atoms with Crippen molar-refractivity contribution in [1.82, 2.24) is 4.90 Å². The van der Waals surface area contributed by atoms with Crippen LogP contribution in [0.2, 0.25) is 0 Å². The monoisotopic (exact) mass is 293 g/mol. The highest BCUT2D eigenvalue weighted by Crippen LogP contribution is 2.37. The van der Waals surface area contributed by atoms with Crippen molar-refractivity contribution < 1.29 is 24.2 Å². The van der Waals surface area contributed by atoms with E-state index in [0.29, 0.717) is 12.8 Å². The zero-order valence-electron chi connectivity index (χ0n) is 11.3. The van der Waals surface area contributed by atoms with Crippen molar-refractivity contribution in [3.8, 4) is 0 Å². The van der Waals surface area contributed by atoms with Gasteiger partial charge < -0.3 is 15.1 Å². The number of piperidine rings is 1. The molecule has 6 heteroatoms. The number of carboxylic acid groups (broad SMARTS) is 1. The number of fused-ring (bicyclic) bond motifs is 2. The Balaban J connectivity index is 1.88. The van der Waals surface area contributed by atoms with E-state index in [0.717, 1.165) is 18.9 Å². The lowest BCUT2D eigenvalue weighted by Crippen LogP contribution is -2.48. The number of carbonyl (C=O) groups is 2. The number of hydrogen-bond donors (Lipinski definition) is 2. The number of halogens is 1. The van der Waals surface area contributed by atoms with Gasteiger partial charge in [0, 0.05) is 12.1 Å². The quantitative estimate of drug-likeness (QED) is 0.869. The lowest BCUT2D eigenvalue weighted by atomic mass is 9.98. The molecule has 0 radical (unpaired) electrons. The number of carbonyl (C=O) groups excluding carboxylic acids is 1. The number of aliphatic hydroxyl groups is 1. The van der Waals surface area contributed by atoms with Gasteiger partial charge in [-0.1, -0.05) is 0 Å². The zero-order valence-corrected chi connectivity index (χ0v) is 11.3. The second kappa shape index (κ2) is 5.11. The molecule has 0 saturated carbocycles. The van der Waals surface area contributed by atoms with Crippen molar-refractivity contribution in [2.24, 2.45) is 0 Å². The van der Waals surface area contributed by atoms with Crippen LogP contribution in [-0.4, -0.2) is 45.2 Å². The lowest BCUT2D eigenvalue weighted by Gasteiger charge is -2.37. The molecule has 2 aliphatic rings. The van der Waals surface area contributed by atoms with Crippen LogP contribution in [0.1, 0.15) is 46.4 Å². The van der Waals surface area contributed by atoms with Crippen molar-refractivity contribution in [3.63, 3.8) is 0 Å².